The van der Waals surface area contributed by atoms with Crippen LogP contribution in [0.3, 0.4) is 0 Å². The van der Waals surface area contributed by atoms with Crippen LogP contribution in [0.25, 0.3) is 11.6 Å². The molecule has 0 aliphatic rings. The minimum absolute atomic E-state index is 0.00339. The Balaban J connectivity index is 2.58. The van der Waals surface area contributed by atoms with E-state index < -0.39 is 5.97 Å². The third kappa shape index (κ3) is 3.13. The summed E-state index contributed by atoms with van der Waals surface area (Å²) in [5.41, 5.74) is 0.718. The lowest BCUT2D eigenvalue weighted by Crippen LogP contribution is -2.00. The number of aliphatic carboxylic acids is 1. The summed E-state index contributed by atoms with van der Waals surface area (Å²) in [5.74, 6) is -1.14. The molecular formula is C15H10Cl2O3. The molecule has 0 atom stereocenters. The first-order valence-corrected chi connectivity index (χ1v) is 6.43. The molecule has 0 radical (unpaired) electrons. The zero-order valence-electron chi connectivity index (χ0n) is 10.2. The maximum atomic E-state index is 11.4. The van der Waals surface area contributed by atoms with Crippen molar-refractivity contribution < 1.29 is 15.0 Å². The van der Waals surface area contributed by atoms with Crippen LogP contribution in [0.1, 0.15) is 11.1 Å². The fraction of sp³-hybridized carbons (Fsp3) is 0. The summed E-state index contributed by atoms with van der Waals surface area (Å²) in [4.78, 5) is 11.4. The van der Waals surface area contributed by atoms with E-state index in [1.807, 2.05) is 0 Å². The largest absolute Gasteiger partial charge is 0.507 e. The van der Waals surface area contributed by atoms with Crippen LogP contribution in [0, 0.1) is 0 Å². The summed E-state index contributed by atoms with van der Waals surface area (Å²) < 4.78 is 0. The summed E-state index contributed by atoms with van der Waals surface area (Å²) in [5, 5.41) is 19.7. The van der Waals surface area contributed by atoms with E-state index in [1.165, 1.54) is 24.3 Å². The van der Waals surface area contributed by atoms with E-state index in [9.17, 15) is 15.0 Å². The number of hydrogen-bond donors (Lipinski definition) is 2. The van der Waals surface area contributed by atoms with Gasteiger partial charge in [0.1, 0.15) is 5.75 Å². The van der Waals surface area contributed by atoms with Crippen LogP contribution in [-0.2, 0) is 4.79 Å². The SMILES string of the molecule is O=C(O)C(=Cc1ccccc1O)c1ccc(Cl)cc1Cl. The molecule has 0 saturated carbocycles. The van der Waals surface area contributed by atoms with Crippen LogP contribution in [0.5, 0.6) is 5.75 Å². The number of halogens is 2. The maximum Gasteiger partial charge on any atom is 0.336 e. The Morgan fingerprint density at radius 1 is 1.10 bits per heavy atom. The van der Waals surface area contributed by atoms with E-state index in [0.717, 1.165) is 0 Å². The molecule has 0 aliphatic carbocycles. The van der Waals surface area contributed by atoms with Crippen molar-refractivity contribution in [2.24, 2.45) is 0 Å². The standard InChI is InChI=1S/C15H10Cl2O3/c16-10-5-6-11(13(17)8-10)12(15(19)20)7-9-3-1-2-4-14(9)18/h1-8,18H,(H,19,20). The molecular weight excluding hydrogens is 299 g/mol. The normalized spacial score (nSPS) is 11.4. The van der Waals surface area contributed by atoms with E-state index in [4.69, 9.17) is 23.2 Å². The van der Waals surface area contributed by atoms with Gasteiger partial charge in [-0.1, -0.05) is 47.5 Å². The zero-order chi connectivity index (χ0) is 14.7. The van der Waals surface area contributed by atoms with E-state index >= 15 is 0 Å². The molecule has 3 nitrogen and oxygen atoms in total. The highest BCUT2D eigenvalue weighted by Crippen LogP contribution is 2.30. The average Bonchev–Trinajstić information content (AvgIpc) is 2.38. The highest BCUT2D eigenvalue weighted by Gasteiger charge is 2.15. The van der Waals surface area contributed by atoms with E-state index in [2.05, 4.69) is 0 Å². The smallest absolute Gasteiger partial charge is 0.336 e. The first-order chi connectivity index (χ1) is 9.49. The number of carboxylic acids is 1. The molecule has 2 aromatic rings. The second-order valence-electron chi connectivity index (χ2n) is 4.05. The molecule has 0 amide bonds. The van der Waals surface area contributed by atoms with Gasteiger partial charge in [0, 0.05) is 16.1 Å². The molecule has 0 fully saturated rings. The van der Waals surface area contributed by atoms with Gasteiger partial charge in [-0.2, -0.15) is 0 Å². The van der Waals surface area contributed by atoms with Gasteiger partial charge in [-0.25, -0.2) is 4.79 Å². The van der Waals surface area contributed by atoms with Gasteiger partial charge < -0.3 is 10.2 Å². The molecule has 102 valence electrons. The number of hydrogen-bond acceptors (Lipinski definition) is 2. The lowest BCUT2D eigenvalue weighted by atomic mass is 10.0. The molecule has 0 saturated heterocycles. The number of phenolic OH excluding ortho intramolecular Hbond substituents is 1. The van der Waals surface area contributed by atoms with Gasteiger partial charge >= 0.3 is 5.97 Å². The topological polar surface area (TPSA) is 57.5 Å². The first kappa shape index (κ1) is 14.4. The molecule has 2 N–H and O–H groups in total. The van der Waals surface area contributed by atoms with Crippen molar-refractivity contribution in [3.05, 3.63) is 63.6 Å². The third-order valence-corrected chi connectivity index (χ3v) is 3.24. The van der Waals surface area contributed by atoms with E-state index in [1.54, 1.807) is 24.3 Å². The Labute approximate surface area is 125 Å². The van der Waals surface area contributed by atoms with Gasteiger partial charge in [0.05, 0.1) is 10.6 Å². The van der Waals surface area contributed by atoms with Crippen LogP contribution in [0.4, 0.5) is 0 Å². The molecule has 20 heavy (non-hydrogen) atoms. The van der Waals surface area contributed by atoms with E-state index in [0.29, 0.717) is 16.1 Å². The summed E-state index contributed by atoms with van der Waals surface area (Å²) in [6.07, 6.45) is 1.37. The van der Waals surface area contributed by atoms with Crippen molar-refractivity contribution in [1.29, 1.82) is 0 Å². The van der Waals surface area contributed by atoms with Crippen LogP contribution in [0.15, 0.2) is 42.5 Å². The number of carboxylic acid groups (broad SMARTS) is 1. The van der Waals surface area contributed by atoms with Crippen molar-refractivity contribution in [1.82, 2.24) is 0 Å². The zero-order valence-corrected chi connectivity index (χ0v) is 11.7. The van der Waals surface area contributed by atoms with Gasteiger partial charge in [0.25, 0.3) is 0 Å². The monoisotopic (exact) mass is 308 g/mol. The lowest BCUT2D eigenvalue weighted by molar-refractivity contribution is -0.130. The average molecular weight is 309 g/mol. The highest BCUT2D eigenvalue weighted by molar-refractivity contribution is 6.37. The van der Waals surface area contributed by atoms with Crippen LogP contribution in [-0.4, -0.2) is 16.2 Å². The number of benzene rings is 2. The Morgan fingerprint density at radius 3 is 2.40 bits per heavy atom. The summed E-state index contributed by atoms with van der Waals surface area (Å²) in [7, 11) is 0. The Kier molecular flexibility index (Phi) is 4.32. The molecule has 2 aromatic carbocycles. The quantitative estimate of drug-likeness (QED) is 0.655. The summed E-state index contributed by atoms with van der Waals surface area (Å²) in [6.45, 7) is 0. The second kappa shape index (κ2) is 5.99. The molecule has 2 rings (SSSR count). The summed E-state index contributed by atoms with van der Waals surface area (Å²) >= 11 is 11.8. The number of aromatic hydroxyl groups is 1. The highest BCUT2D eigenvalue weighted by atomic mass is 35.5. The predicted octanol–water partition coefficient (Wildman–Crippen LogP) is 4.32. The summed E-state index contributed by atoms with van der Waals surface area (Å²) in [6, 6.07) is 11.0. The molecule has 0 heterocycles. The van der Waals surface area contributed by atoms with Crippen LogP contribution >= 0.6 is 23.2 Å². The van der Waals surface area contributed by atoms with Gasteiger partial charge in [-0.05, 0) is 24.3 Å². The number of para-hydroxylation sites is 1. The van der Waals surface area contributed by atoms with Crippen LogP contribution in [0.2, 0.25) is 10.0 Å². The lowest BCUT2D eigenvalue weighted by Gasteiger charge is -2.07. The molecule has 0 aromatic heterocycles. The Morgan fingerprint density at radius 2 is 1.80 bits per heavy atom. The maximum absolute atomic E-state index is 11.4. The molecule has 0 spiro atoms. The van der Waals surface area contributed by atoms with Crippen molar-refractivity contribution in [2.75, 3.05) is 0 Å². The number of phenols is 1. The van der Waals surface area contributed by atoms with Crippen molar-refractivity contribution >= 4 is 40.8 Å². The van der Waals surface area contributed by atoms with Crippen LogP contribution < -0.4 is 0 Å². The predicted molar refractivity (Wildman–Crippen MR) is 80.1 cm³/mol. The molecule has 0 bridgehead atoms. The minimum atomic E-state index is -1.14. The van der Waals surface area contributed by atoms with Crippen molar-refractivity contribution in [3.8, 4) is 5.75 Å². The molecule has 0 aliphatic heterocycles. The number of carbonyl (C=O) groups is 1. The van der Waals surface area contributed by atoms with Crippen molar-refractivity contribution in [3.63, 3.8) is 0 Å². The fourth-order valence-electron chi connectivity index (χ4n) is 1.73. The number of rotatable bonds is 3. The van der Waals surface area contributed by atoms with Gasteiger partial charge in [0.2, 0.25) is 0 Å². The van der Waals surface area contributed by atoms with Crippen molar-refractivity contribution in [2.45, 2.75) is 0 Å². The molecule has 0 unspecified atom stereocenters. The Bertz CT molecular complexity index is 693. The van der Waals surface area contributed by atoms with Gasteiger partial charge in [0.15, 0.2) is 0 Å². The fourth-order valence-corrected chi connectivity index (χ4v) is 2.24. The van der Waals surface area contributed by atoms with Gasteiger partial charge in [-0.15, -0.1) is 0 Å². The van der Waals surface area contributed by atoms with Gasteiger partial charge in [-0.3, -0.25) is 0 Å². The third-order valence-electron chi connectivity index (χ3n) is 2.69. The minimum Gasteiger partial charge on any atom is -0.507 e. The van der Waals surface area contributed by atoms with E-state index in [-0.39, 0.29) is 16.3 Å². The molecule has 5 heteroatoms. The Hall–Kier alpha value is -1.97. The first-order valence-electron chi connectivity index (χ1n) is 5.67. The second-order valence-corrected chi connectivity index (χ2v) is 4.89.